The lowest BCUT2D eigenvalue weighted by molar-refractivity contribution is -0.0504. The van der Waals surface area contributed by atoms with E-state index in [1.165, 1.54) is 5.57 Å². The van der Waals surface area contributed by atoms with E-state index in [0.29, 0.717) is 0 Å². The summed E-state index contributed by atoms with van der Waals surface area (Å²) in [4.78, 5) is 0. The highest BCUT2D eigenvalue weighted by Crippen LogP contribution is 2.30. The molecule has 0 saturated carbocycles. The van der Waals surface area contributed by atoms with Crippen LogP contribution in [0, 0.1) is 0 Å². The first-order valence-electron chi connectivity index (χ1n) is 3.96. The van der Waals surface area contributed by atoms with Crippen LogP contribution in [0.3, 0.4) is 0 Å². The van der Waals surface area contributed by atoms with Gasteiger partial charge in [0.05, 0.1) is 11.4 Å². The maximum Gasteiger partial charge on any atom is 0.130 e. The minimum atomic E-state index is -0.723. The number of aliphatic hydroxyl groups is 1. The highest BCUT2D eigenvalue weighted by molar-refractivity contribution is 5.12. The highest BCUT2D eigenvalue weighted by atomic mass is 16.5. The summed E-state index contributed by atoms with van der Waals surface area (Å²) in [5, 5.41) is 9.60. The van der Waals surface area contributed by atoms with Gasteiger partial charge in [0.1, 0.15) is 6.10 Å². The Bertz CT molecular complexity index is 172. The van der Waals surface area contributed by atoms with Crippen LogP contribution in [0.1, 0.15) is 34.1 Å². The van der Waals surface area contributed by atoms with E-state index < -0.39 is 5.60 Å². The summed E-state index contributed by atoms with van der Waals surface area (Å²) in [5.41, 5.74) is 0.524. The van der Waals surface area contributed by atoms with E-state index in [0.717, 1.165) is 12.2 Å². The molecule has 0 aromatic carbocycles. The van der Waals surface area contributed by atoms with Crippen molar-refractivity contribution in [3.8, 4) is 0 Å². The Kier molecular flexibility index (Phi) is 1.97. The highest BCUT2D eigenvalue weighted by Gasteiger charge is 2.33. The van der Waals surface area contributed by atoms with E-state index in [-0.39, 0.29) is 6.10 Å². The molecule has 2 heteroatoms. The first-order chi connectivity index (χ1) is 4.91. The van der Waals surface area contributed by atoms with Gasteiger partial charge in [0.2, 0.25) is 0 Å². The SMILES string of the molecule is CC1=C(C)OC(C(C)(C)O)C1. The monoisotopic (exact) mass is 156 g/mol. The third-order valence-corrected chi connectivity index (χ3v) is 2.20. The van der Waals surface area contributed by atoms with Crippen LogP contribution in [-0.4, -0.2) is 16.8 Å². The second-order valence-corrected chi connectivity index (χ2v) is 3.80. The predicted molar refractivity (Wildman–Crippen MR) is 44.2 cm³/mol. The Balaban J connectivity index is 2.62. The molecule has 0 aromatic heterocycles. The van der Waals surface area contributed by atoms with Crippen LogP contribution >= 0.6 is 0 Å². The van der Waals surface area contributed by atoms with Crippen LogP contribution in [-0.2, 0) is 4.74 Å². The Hall–Kier alpha value is -0.500. The van der Waals surface area contributed by atoms with Gasteiger partial charge in [-0.1, -0.05) is 0 Å². The van der Waals surface area contributed by atoms with E-state index in [2.05, 4.69) is 0 Å². The lowest BCUT2D eigenvalue weighted by Crippen LogP contribution is -2.35. The van der Waals surface area contributed by atoms with Gasteiger partial charge in [-0.2, -0.15) is 0 Å². The summed E-state index contributed by atoms with van der Waals surface area (Å²) in [6.45, 7) is 7.55. The Labute approximate surface area is 67.9 Å². The number of hydrogen-bond donors (Lipinski definition) is 1. The molecule has 0 fully saturated rings. The molecule has 0 radical (unpaired) electrons. The van der Waals surface area contributed by atoms with Gasteiger partial charge in [-0.3, -0.25) is 0 Å². The maximum absolute atomic E-state index is 9.60. The van der Waals surface area contributed by atoms with Crippen molar-refractivity contribution in [3.63, 3.8) is 0 Å². The normalized spacial score (nSPS) is 25.7. The lowest BCUT2D eigenvalue weighted by Gasteiger charge is -2.25. The van der Waals surface area contributed by atoms with Gasteiger partial charge < -0.3 is 9.84 Å². The molecule has 64 valence electrons. The minimum Gasteiger partial charge on any atom is -0.492 e. The van der Waals surface area contributed by atoms with E-state index in [4.69, 9.17) is 4.74 Å². The fraction of sp³-hybridized carbons (Fsp3) is 0.778. The molecular formula is C9H16O2. The largest absolute Gasteiger partial charge is 0.492 e. The standard InChI is InChI=1S/C9H16O2/c1-6-5-8(9(3,4)10)11-7(6)2/h8,10H,5H2,1-4H3. The molecule has 1 heterocycles. The van der Waals surface area contributed by atoms with Crippen molar-refractivity contribution in [3.05, 3.63) is 11.3 Å². The molecule has 0 saturated heterocycles. The minimum absolute atomic E-state index is 0.0532. The zero-order valence-corrected chi connectivity index (χ0v) is 7.64. The van der Waals surface area contributed by atoms with Crippen molar-refractivity contribution < 1.29 is 9.84 Å². The summed E-state index contributed by atoms with van der Waals surface area (Å²) in [6.07, 6.45) is 0.803. The molecule has 1 unspecified atom stereocenters. The van der Waals surface area contributed by atoms with Gasteiger partial charge in [0.15, 0.2) is 0 Å². The second-order valence-electron chi connectivity index (χ2n) is 3.80. The molecule has 1 N–H and O–H groups in total. The van der Waals surface area contributed by atoms with Crippen molar-refractivity contribution in [1.29, 1.82) is 0 Å². The molecule has 11 heavy (non-hydrogen) atoms. The summed E-state index contributed by atoms with van der Waals surface area (Å²) in [7, 11) is 0. The van der Waals surface area contributed by atoms with E-state index in [1.807, 2.05) is 13.8 Å². The van der Waals surface area contributed by atoms with Gasteiger partial charge in [-0.25, -0.2) is 0 Å². The lowest BCUT2D eigenvalue weighted by atomic mass is 9.97. The van der Waals surface area contributed by atoms with Crippen LogP contribution in [0.4, 0.5) is 0 Å². The summed E-state index contributed by atoms with van der Waals surface area (Å²) in [6, 6.07) is 0. The first kappa shape index (κ1) is 8.60. The average Bonchev–Trinajstić information content (AvgIpc) is 2.11. The molecule has 0 aliphatic carbocycles. The van der Waals surface area contributed by atoms with Gasteiger partial charge in [-0.15, -0.1) is 0 Å². The number of hydrogen-bond acceptors (Lipinski definition) is 2. The van der Waals surface area contributed by atoms with Gasteiger partial charge in [0.25, 0.3) is 0 Å². The summed E-state index contributed by atoms with van der Waals surface area (Å²) >= 11 is 0. The molecule has 2 nitrogen and oxygen atoms in total. The molecule has 0 aromatic rings. The van der Waals surface area contributed by atoms with Crippen molar-refractivity contribution in [2.75, 3.05) is 0 Å². The number of allylic oxidation sites excluding steroid dienone is 1. The molecule has 0 bridgehead atoms. The second kappa shape index (κ2) is 2.52. The first-order valence-corrected chi connectivity index (χ1v) is 3.96. The summed E-state index contributed by atoms with van der Waals surface area (Å²) in [5.74, 6) is 0.970. The molecule has 0 amide bonds. The third kappa shape index (κ3) is 1.74. The molecule has 1 atom stereocenters. The van der Waals surface area contributed by atoms with Crippen molar-refractivity contribution in [1.82, 2.24) is 0 Å². The van der Waals surface area contributed by atoms with Gasteiger partial charge in [-0.05, 0) is 33.3 Å². The number of rotatable bonds is 1. The van der Waals surface area contributed by atoms with E-state index in [1.54, 1.807) is 13.8 Å². The molecule has 1 aliphatic rings. The average molecular weight is 156 g/mol. The van der Waals surface area contributed by atoms with Crippen LogP contribution in [0.5, 0.6) is 0 Å². The fourth-order valence-electron chi connectivity index (χ4n) is 1.17. The van der Waals surface area contributed by atoms with E-state index >= 15 is 0 Å². The third-order valence-electron chi connectivity index (χ3n) is 2.20. The quantitative estimate of drug-likeness (QED) is 0.627. The fourth-order valence-corrected chi connectivity index (χ4v) is 1.17. The Morgan fingerprint density at radius 3 is 2.18 bits per heavy atom. The van der Waals surface area contributed by atoms with Crippen molar-refractivity contribution in [2.45, 2.75) is 45.8 Å². The zero-order chi connectivity index (χ0) is 8.65. The van der Waals surface area contributed by atoms with Crippen LogP contribution in [0.25, 0.3) is 0 Å². The Morgan fingerprint density at radius 2 is 2.00 bits per heavy atom. The summed E-state index contributed by atoms with van der Waals surface area (Å²) < 4.78 is 5.47. The van der Waals surface area contributed by atoms with Crippen molar-refractivity contribution in [2.24, 2.45) is 0 Å². The van der Waals surface area contributed by atoms with Crippen LogP contribution in [0.2, 0.25) is 0 Å². The molecular weight excluding hydrogens is 140 g/mol. The maximum atomic E-state index is 9.60. The van der Waals surface area contributed by atoms with Crippen molar-refractivity contribution >= 4 is 0 Å². The predicted octanol–water partition coefficient (Wildman–Crippen LogP) is 1.84. The smallest absolute Gasteiger partial charge is 0.130 e. The molecule has 0 spiro atoms. The van der Waals surface area contributed by atoms with Gasteiger partial charge >= 0.3 is 0 Å². The van der Waals surface area contributed by atoms with Gasteiger partial charge in [0, 0.05) is 6.42 Å². The Morgan fingerprint density at radius 1 is 1.45 bits per heavy atom. The number of ether oxygens (including phenoxy) is 1. The van der Waals surface area contributed by atoms with Crippen LogP contribution < -0.4 is 0 Å². The zero-order valence-electron chi connectivity index (χ0n) is 7.64. The molecule has 1 aliphatic heterocycles. The molecule has 1 rings (SSSR count). The van der Waals surface area contributed by atoms with E-state index in [9.17, 15) is 5.11 Å². The topological polar surface area (TPSA) is 29.5 Å². The van der Waals surface area contributed by atoms with Crippen LogP contribution in [0.15, 0.2) is 11.3 Å².